The molecule has 1 saturated heterocycles. The Morgan fingerprint density at radius 3 is 2.54 bits per heavy atom. The molecular formula is C23H25NO4. The van der Waals surface area contributed by atoms with Crippen LogP contribution in [0, 0.1) is 5.92 Å². The quantitative estimate of drug-likeness (QED) is 0.631. The first-order chi connectivity index (χ1) is 14.0. The van der Waals surface area contributed by atoms with E-state index in [1.54, 1.807) is 0 Å². The number of phenolic OH excluding ortho intramolecular Hbond substituents is 2. The summed E-state index contributed by atoms with van der Waals surface area (Å²) >= 11 is 0. The molecule has 0 saturated carbocycles. The molecule has 0 amide bonds. The van der Waals surface area contributed by atoms with Crippen LogP contribution in [0.4, 0.5) is 5.69 Å². The molecule has 28 heavy (non-hydrogen) atoms. The highest BCUT2D eigenvalue weighted by molar-refractivity contribution is 5.86. The van der Waals surface area contributed by atoms with Crippen molar-refractivity contribution in [2.45, 2.75) is 32.6 Å². The van der Waals surface area contributed by atoms with Gasteiger partial charge in [0, 0.05) is 30.4 Å². The molecule has 0 atom stereocenters. The second kappa shape index (κ2) is 7.58. The van der Waals surface area contributed by atoms with Gasteiger partial charge in [0.05, 0.1) is 6.76 Å². The molecule has 0 aliphatic carbocycles. The lowest BCUT2D eigenvalue weighted by atomic mass is 9.92. The Morgan fingerprint density at radius 1 is 1.14 bits per heavy atom. The minimum atomic E-state index is -0.543. The highest BCUT2D eigenvalue weighted by Crippen LogP contribution is 2.35. The number of nitrogens with zero attached hydrogens (tertiary/aromatic N) is 1. The van der Waals surface area contributed by atoms with Gasteiger partial charge in [0.1, 0.15) is 5.76 Å². The third-order valence-corrected chi connectivity index (χ3v) is 5.59. The SMILES string of the molecule is [2H]c1c(-c2ccc(N3CCC(CCC)CC3)cc2)oc2c(O)c(O)ccc2c1=O. The van der Waals surface area contributed by atoms with Crippen LogP contribution in [0.15, 0.2) is 51.7 Å². The predicted octanol–water partition coefficient (Wildman–Crippen LogP) is 4.89. The van der Waals surface area contributed by atoms with Crippen LogP contribution in [0.2, 0.25) is 0 Å². The van der Waals surface area contributed by atoms with E-state index in [0.717, 1.165) is 24.7 Å². The van der Waals surface area contributed by atoms with Crippen LogP contribution in [-0.4, -0.2) is 23.3 Å². The summed E-state index contributed by atoms with van der Waals surface area (Å²) in [6, 6.07) is 9.90. The number of hydrogen-bond acceptors (Lipinski definition) is 5. The fourth-order valence-corrected chi connectivity index (χ4v) is 3.98. The van der Waals surface area contributed by atoms with E-state index in [4.69, 9.17) is 5.79 Å². The molecular weight excluding hydrogens is 354 g/mol. The number of phenols is 2. The predicted molar refractivity (Wildman–Crippen MR) is 111 cm³/mol. The number of hydrogen-bond donors (Lipinski definition) is 2. The first kappa shape index (κ1) is 17.2. The average Bonchev–Trinajstić information content (AvgIpc) is 2.74. The van der Waals surface area contributed by atoms with E-state index in [9.17, 15) is 15.0 Å². The van der Waals surface area contributed by atoms with Crippen molar-refractivity contribution in [3.05, 3.63) is 52.7 Å². The van der Waals surface area contributed by atoms with E-state index >= 15 is 0 Å². The average molecular weight is 380 g/mol. The maximum atomic E-state index is 12.5. The number of piperidine rings is 1. The van der Waals surface area contributed by atoms with E-state index in [1.807, 2.05) is 24.3 Å². The van der Waals surface area contributed by atoms with Gasteiger partial charge in [-0.05, 0) is 55.2 Å². The zero-order valence-corrected chi connectivity index (χ0v) is 15.9. The summed E-state index contributed by atoms with van der Waals surface area (Å²) in [7, 11) is 0. The van der Waals surface area contributed by atoms with Gasteiger partial charge in [0.2, 0.25) is 5.75 Å². The van der Waals surface area contributed by atoms with Crippen molar-refractivity contribution in [1.82, 2.24) is 0 Å². The molecule has 0 spiro atoms. The summed E-state index contributed by atoms with van der Waals surface area (Å²) in [4.78, 5) is 14.9. The molecule has 1 aliphatic rings. The molecule has 0 unspecified atom stereocenters. The number of aromatic hydroxyl groups is 2. The zero-order valence-electron chi connectivity index (χ0n) is 16.9. The van der Waals surface area contributed by atoms with Gasteiger partial charge in [-0.3, -0.25) is 4.79 Å². The fourth-order valence-electron chi connectivity index (χ4n) is 3.98. The lowest BCUT2D eigenvalue weighted by Crippen LogP contribution is -2.33. The van der Waals surface area contributed by atoms with Gasteiger partial charge in [0.15, 0.2) is 16.8 Å². The first-order valence-corrected chi connectivity index (χ1v) is 9.83. The minimum Gasteiger partial charge on any atom is -0.504 e. The maximum Gasteiger partial charge on any atom is 0.201 e. The smallest absolute Gasteiger partial charge is 0.201 e. The van der Waals surface area contributed by atoms with E-state index in [1.165, 1.54) is 37.8 Å². The lowest BCUT2D eigenvalue weighted by molar-refractivity contribution is 0.378. The normalized spacial score (nSPS) is 15.8. The van der Waals surface area contributed by atoms with Crippen LogP contribution in [-0.2, 0) is 0 Å². The van der Waals surface area contributed by atoms with Crippen LogP contribution in [0.25, 0.3) is 22.3 Å². The third-order valence-electron chi connectivity index (χ3n) is 5.59. The van der Waals surface area contributed by atoms with Gasteiger partial charge in [-0.25, -0.2) is 0 Å². The summed E-state index contributed by atoms with van der Waals surface area (Å²) in [5.41, 5.74) is 1.04. The number of benzene rings is 2. The van der Waals surface area contributed by atoms with Crippen molar-refractivity contribution >= 4 is 16.7 Å². The van der Waals surface area contributed by atoms with Crippen molar-refractivity contribution in [2.75, 3.05) is 18.0 Å². The Hall–Kier alpha value is -2.95. The van der Waals surface area contributed by atoms with Crippen LogP contribution < -0.4 is 10.3 Å². The second-order valence-corrected chi connectivity index (χ2v) is 7.46. The Morgan fingerprint density at radius 2 is 1.86 bits per heavy atom. The molecule has 2 N–H and O–H groups in total. The Labute approximate surface area is 165 Å². The maximum absolute atomic E-state index is 12.5. The van der Waals surface area contributed by atoms with Crippen LogP contribution in [0.5, 0.6) is 11.5 Å². The zero-order chi connectivity index (χ0) is 20.5. The fraction of sp³-hybridized carbons (Fsp3) is 0.348. The van der Waals surface area contributed by atoms with Gasteiger partial charge in [-0.1, -0.05) is 19.8 Å². The number of fused-ring (bicyclic) bond motifs is 1. The molecule has 2 aromatic carbocycles. The van der Waals surface area contributed by atoms with Crippen LogP contribution in [0.1, 0.15) is 34.0 Å². The molecule has 4 rings (SSSR count). The molecule has 0 bridgehead atoms. The largest absolute Gasteiger partial charge is 0.504 e. The van der Waals surface area contributed by atoms with E-state index in [2.05, 4.69) is 11.8 Å². The molecule has 146 valence electrons. The standard InChI is InChI=1S/C23H25NO4/c1-2-3-15-10-12-24(13-11-15)17-6-4-16(5-7-17)21-14-20(26)18-8-9-19(25)22(27)23(18)28-21/h4-9,14-15,25,27H,2-3,10-13H2,1H3/i14D. The monoisotopic (exact) mass is 380 g/mol. The van der Waals surface area contributed by atoms with E-state index in [0.29, 0.717) is 5.56 Å². The molecule has 3 aromatic rings. The van der Waals surface area contributed by atoms with Crippen LogP contribution >= 0.6 is 0 Å². The van der Waals surface area contributed by atoms with Crippen molar-refractivity contribution in [3.8, 4) is 22.8 Å². The molecule has 0 radical (unpaired) electrons. The van der Waals surface area contributed by atoms with Gasteiger partial charge >= 0.3 is 0 Å². The summed E-state index contributed by atoms with van der Waals surface area (Å²) < 4.78 is 13.9. The minimum absolute atomic E-state index is 0.0700. The first-order valence-electron chi connectivity index (χ1n) is 10.3. The van der Waals surface area contributed by atoms with Crippen molar-refractivity contribution in [2.24, 2.45) is 5.92 Å². The molecule has 5 heteroatoms. The molecule has 1 fully saturated rings. The molecule has 1 aromatic heterocycles. The van der Waals surface area contributed by atoms with Crippen molar-refractivity contribution < 1.29 is 16.0 Å². The van der Waals surface area contributed by atoms with Gasteiger partial charge in [-0.2, -0.15) is 0 Å². The Balaban J connectivity index is 1.64. The molecule has 1 aliphatic heterocycles. The Bertz CT molecular complexity index is 1080. The van der Waals surface area contributed by atoms with E-state index in [-0.39, 0.29) is 28.5 Å². The van der Waals surface area contributed by atoms with E-state index < -0.39 is 11.2 Å². The van der Waals surface area contributed by atoms with Crippen LogP contribution in [0.3, 0.4) is 0 Å². The Kier molecular flexibility index (Phi) is 4.65. The number of anilines is 1. The topological polar surface area (TPSA) is 73.9 Å². The summed E-state index contributed by atoms with van der Waals surface area (Å²) in [5.74, 6) is 0.0348. The summed E-state index contributed by atoms with van der Waals surface area (Å²) in [5, 5.41) is 19.8. The van der Waals surface area contributed by atoms with Gasteiger partial charge in [0.25, 0.3) is 0 Å². The third kappa shape index (κ3) is 3.44. The second-order valence-electron chi connectivity index (χ2n) is 7.46. The van der Waals surface area contributed by atoms with Gasteiger partial charge < -0.3 is 19.5 Å². The number of rotatable bonds is 4. The molecule has 5 nitrogen and oxygen atoms in total. The highest BCUT2D eigenvalue weighted by atomic mass is 16.4. The summed E-state index contributed by atoms with van der Waals surface area (Å²) in [6.45, 7) is 4.30. The van der Waals surface area contributed by atoms with Crippen molar-refractivity contribution in [3.63, 3.8) is 0 Å². The van der Waals surface area contributed by atoms with Crippen molar-refractivity contribution in [1.29, 1.82) is 0 Å². The summed E-state index contributed by atoms with van der Waals surface area (Å²) in [6.07, 6.45) is 4.94. The molecule has 2 heterocycles. The highest BCUT2D eigenvalue weighted by Gasteiger charge is 2.19. The van der Waals surface area contributed by atoms with Gasteiger partial charge in [-0.15, -0.1) is 0 Å². The lowest BCUT2D eigenvalue weighted by Gasteiger charge is -2.33.